The lowest BCUT2D eigenvalue weighted by Gasteiger charge is -2.25. The third-order valence-corrected chi connectivity index (χ3v) is 31.9. The molecule has 4 aromatic rings. The lowest BCUT2D eigenvalue weighted by atomic mass is 10.0. The molecule has 15 N–H and O–H groups in total. The molecule has 7 amide bonds. The lowest BCUT2D eigenvalue weighted by Crippen LogP contribution is -2.47. The van der Waals surface area contributed by atoms with E-state index in [1.807, 2.05) is 19.1 Å². The molecule has 119 heavy (non-hydrogen) atoms. The van der Waals surface area contributed by atoms with Gasteiger partial charge >= 0.3 is 63.5 Å². The molecule has 0 aliphatic heterocycles. The summed E-state index contributed by atoms with van der Waals surface area (Å²) in [4.78, 5) is 204. The van der Waals surface area contributed by atoms with Crippen LogP contribution in [0, 0.1) is 6.92 Å². The van der Waals surface area contributed by atoms with Gasteiger partial charge in [-0.25, -0.2) is 19.6 Å². The van der Waals surface area contributed by atoms with Gasteiger partial charge in [0.2, 0.25) is 5.91 Å². The second-order valence-corrected chi connectivity index (χ2v) is 43.3. The largest absolute Gasteiger partial charge is 0.489 e. The molecule has 0 saturated carbocycles. The molecule has 0 atom stereocenters. The van der Waals surface area contributed by atoms with E-state index in [-0.39, 0.29) is 51.5 Å². The smallest absolute Gasteiger partial charge is 0.423 e. The number of Topliss-reactive ketones (excluding diaryl/α,β-unsaturated/α-hetero) is 1. The van der Waals surface area contributed by atoms with Gasteiger partial charge in [0.15, 0.2) is 56.1 Å². The van der Waals surface area contributed by atoms with E-state index in [9.17, 15) is 77.5 Å². The van der Waals surface area contributed by atoms with Gasteiger partial charge in [-0.3, -0.25) is 70.9 Å². The van der Waals surface area contributed by atoms with Crippen molar-refractivity contribution >= 4 is 111 Å². The minimum absolute atomic E-state index is 0.0613. The van der Waals surface area contributed by atoms with Gasteiger partial charge < -0.3 is 19.5 Å². The summed E-state index contributed by atoms with van der Waals surface area (Å²) in [6, 6.07) is 19.2. The Kier molecular flexibility index (Phi) is 44.9. The maximum Gasteiger partial charge on any atom is 0.423 e. The highest BCUT2D eigenvalue weighted by molar-refractivity contribution is 7.63. The van der Waals surface area contributed by atoms with Crippen LogP contribution >= 0.6 is 63.5 Å². The van der Waals surface area contributed by atoms with Gasteiger partial charge in [0.05, 0.1) is 146 Å². The summed E-state index contributed by atoms with van der Waals surface area (Å²) in [7, 11) is -10.6. The highest BCUT2D eigenvalue weighted by atomic mass is 31.2. The number of aryl methyl sites for hydroxylation is 1. The van der Waals surface area contributed by atoms with Crippen molar-refractivity contribution in [3.63, 3.8) is 0 Å². The van der Waals surface area contributed by atoms with Crippen LogP contribution in [0.15, 0.2) is 78.9 Å². The molecule has 0 aliphatic rings. The fourth-order valence-electron chi connectivity index (χ4n) is 10.1. The van der Waals surface area contributed by atoms with Gasteiger partial charge in [-0.2, -0.15) is 112 Å². The first-order valence-electron chi connectivity index (χ1n) is 34.7. The molecule has 0 bridgehead atoms. The quantitative estimate of drug-likeness (QED) is 0.0171. The second-order valence-electron chi connectivity index (χ2n) is 25.0. The number of nitrogens with zero attached hydrogens (tertiary/aromatic N) is 4. The Morgan fingerprint density at radius 3 is 0.773 bits per heavy atom. The molecule has 4 aromatic carbocycles. The van der Waals surface area contributed by atoms with Gasteiger partial charge in [-0.15, -0.1) is 0 Å². The van der Waals surface area contributed by atoms with Crippen LogP contribution in [0.2, 0.25) is 0 Å². The zero-order chi connectivity index (χ0) is 89.2. The molecule has 0 spiro atoms. The van der Waals surface area contributed by atoms with Crippen molar-refractivity contribution in [3.8, 4) is 17.2 Å². The molecular weight excluding hydrogens is 1740 g/mol. The van der Waals surface area contributed by atoms with E-state index in [4.69, 9.17) is 86.6 Å². The van der Waals surface area contributed by atoms with Crippen LogP contribution in [-0.4, -0.2) is 303 Å². The molecule has 0 heterocycles. The fourth-order valence-corrected chi connectivity index (χ4v) is 19.4. The van der Waals surface area contributed by atoms with E-state index in [0.29, 0.717) is 11.3 Å². The summed E-state index contributed by atoms with van der Waals surface area (Å²) in [5.41, 5.74) is 14.1. The summed E-state index contributed by atoms with van der Waals surface area (Å²) in [5, 5.41) is 2.49. The van der Waals surface area contributed by atoms with E-state index >= 15 is 0 Å². The van der Waals surface area contributed by atoms with Crippen LogP contribution in [0.4, 0.5) is 0 Å². The predicted molar refractivity (Wildman–Crippen MR) is 439 cm³/mol. The van der Waals surface area contributed by atoms with E-state index in [1.165, 1.54) is 107 Å². The van der Waals surface area contributed by atoms with Crippen molar-refractivity contribution in [3.05, 3.63) is 123 Å². The third-order valence-electron chi connectivity index (χ3n) is 16.7. The summed E-state index contributed by atoms with van der Waals surface area (Å²) >= 11 is 0. The average Bonchev–Trinajstić information content (AvgIpc) is 0.824. The molecule has 46 nitrogen and oxygen atoms in total. The Bertz CT molecular complexity index is 3450. The second kappa shape index (κ2) is 50.5. The van der Waals surface area contributed by atoms with Crippen LogP contribution in [0.5, 0.6) is 17.2 Å². The number of hydrogen-bond acceptors (Lipinski definition) is 39. The molecular formula is C65H111N11O35P8+8. The molecule has 0 radical (unpaired) electrons. The van der Waals surface area contributed by atoms with Crippen molar-refractivity contribution in [1.29, 1.82) is 0 Å². The summed E-state index contributed by atoms with van der Waals surface area (Å²) in [6.45, 7) is -2.37. The highest BCUT2D eigenvalue weighted by Crippen LogP contribution is 2.64. The monoisotopic (exact) mass is 1850 g/mol. The first-order chi connectivity index (χ1) is 56.1. The minimum Gasteiger partial charge on any atom is -0.489 e. The Morgan fingerprint density at radius 2 is 0.513 bits per heavy atom. The number of amides is 7. The van der Waals surface area contributed by atoms with Gasteiger partial charge in [0, 0.05) is 28.3 Å². The first kappa shape index (κ1) is 106. The molecule has 0 fully saturated rings. The number of carbonyl (C=O) groups excluding carboxylic acids is 8. The molecule has 54 heteroatoms. The zero-order valence-corrected chi connectivity index (χ0v) is 75.9. The van der Waals surface area contributed by atoms with Crippen molar-refractivity contribution in [1.82, 2.24) is 57.5 Å². The number of ketones is 1. The Morgan fingerprint density at radius 1 is 0.286 bits per heavy atom. The van der Waals surface area contributed by atoms with E-state index in [1.54, 1.807) is 24.3 Å². The number of carbonyl (C=O) groups is 8. The predicted octanol–water partition coefficient (Wildman–Crippen LogP) is 3.56. The van der Waals surface area contributed by atoms with Gasteiger partial charge in [-0.05, 0) is 84.3 Å². The summed E-state index contributed by atoms with van der Waals surface area (Å²) in [5.74, 6) is -6.82. The maximum absolute atomic E-state index is 14.3. The Labute approximate surface area is 693 Å². The Balaban J connectivity index is 1.83. The van der Waals surface area contributed by atoms with Crippen LogP contribution in [-0.2, 0) is 111 Å². The standard InChI is InChI=1S/C65H104N11O35P8/c1-47-18-20-55(21-19-47)109-38-50-26-56(110-36-48-22-51(58(77)31-66-59(78)32-73(39-112(85,93-2)94-3)40-113(86,95-4)96-5)28-52(23-48)63(82)70-67-60(79)33-74(41-114(87,97-6)98-7)42-115(88,99-8)100-9)30-57(27-50)111-37-49-24-53(64(83)71-68-61(80)34-75(43-116(89,101-10)102-11)44-117(90,103-12)104-13)29-54(25-49)65(84)72-69-62(81)35-76(45-118(91,105-14)106-15)46-119(92,107-16)108-17/h18-30,85-92H,31-46H2,1-17H3/q+1/p+7. The Hall–Kier alpha value is -5.44. The van der Waals surface area contributed by atoms with Crippen molar-refractivity contribution in [2.45, 2.75) is 26.7 Å². The zero-order valence-electron chi connectivity index (χ0n) is 68.8. The number of benzene rings is 4. The SMILES string of the molecule is CO[P+](O)(CN(CC(=O)NCC(=O)c1cc(COc2cc(COc3ccc(C)cc3)cc(OCc3cc(C(=O)NNC(=O)CN(C[P+](O)(OC)OC)C[P+](O)(OC)OC)cc(C(=O)NNC(=O)CN(C[P+](O)(OC)OC)C[P+](O)(OC)OC)c3)c2)cc(C(=O)NNC(=O)CN(C[P+](O)(OC)OC)C[P+](O)(OC)OC)c1)C[P+](O)(OC)OC)OC. The molecule has 4 rings (SSSR count). The molecule has 0 aliphatic carbocycles. The van der Waals surface area contributed by atoms with Crippen molar-refractivity contribution in [2.75, 3.05) is 197 Å². The van der Waals surface area contributed by atoms with Crippen molar-refractivity contribution in [2.24, 2.45) is 0 Å². The van der Waals surface area contributed by atoms with E-state index < -0.39 is 207 Å². The molecule has 0 aromatic heterocycles. The van der Waals surface area contributed by atoms with Crippen LogP contribution in [0.3, 0.4) is 0 Å². The molecule has 668 valence electrons. The van der Waals surface area contributed by atoms with E-state index in [0.717, 1.165) is 74.6 Å². The van der Waals surface area contributed by atoms with Crippen LogP contribution in [0.25, 0.3) is 0 Å². The summed E-state index contributed by atoms with van der Waals surface area (Å²) in [6.07, 6.45) is -3.63. The number of rotatable bonds is 55. The number of ether oxygens (including phenoxy) is 3. The molecule has 0 saturated heterocycles. The summed E-state index contributed by atoms with van der Waals surface area (Å²) < 4.78 is 102. The third kappa shape index (κ3) is 36.0. The lowest BCUT2D eigenvalue weighted by molar-refractivity contribution is -0.123. The van der Waals surface area contributed by atoms with Gasteiger partial charge in [-0.1, -0.05) is 17.7 Å². The van der Waals surface area contributed by atoms with Crippen LogP contribution < -0.4 is 52.1 Å². The van der Waals surface area contributed by atoms with Gasteiger partial charge in [0.25, 0.3) is 35.4 Å². The number of hydrogen-bond donors (Lipinski definition) is 15. The maximum atomic E-state index is 14.3. The number of hydrazine groups is 3. The average molecular weight is 1850 g/mol. The number of nitrogens with one attached hydrogen (secondary N) is 7. The van der Waals surface area contributed by atoms with Gasteiger partial charge in [0.1, 0.15) is 37.1 Å². The van der Waals surface area contributed by atoms with Crippen molar-refractivity contribution < 1.29 is 164 Å². The minimum atomic E-state index is -3.67. The molecule has 0 unspecified atom stereocenters. The first-order valence-corrected chi connectivity index (χ1v) is 48.8. The fraction of sp³-hybridized carbons (Fsp3) is 0.508. The van der Waals surface area contributed by atoms with Crippen LogP contribution in [0.1, 0.15) is 63.7 Å². The topological polar surface area (TPSA) is 571 Å². The van der Waals surface area contributed by atoms with E-state index in [2.05, 4.69) is 37.9 Å². The highest BCUT2D eigenvalue weighted by Gasteiger charge is 2.52. The normalized spacial score (nSPS) is 12.5.